The van der Waals surface area contributed by atoms with Crippen molar-refractivity contribution in [3.8, 4) is 11.5 Å². The molecule has 0 heterocycles. The van der Waals surface area contributed by atoms with Crippen LogP contribution in [-0.2, 0) is 21.9 Å². The van der Waals surface area contributed by atoms with Gasteiger partial charge < -0.3 is 4.74 Å². The molecule has 2 aromatic rings. The Bertz CT molecular complexity index is 753. The summed E-state index contributed by atoms with van der Waals surface area (Å²) in [6.45, 7) is 0. The van der Waals surface area contributed by atoms with Gasteiger partial charge in [0.05, 0.1) is 4.90 Å². The number of rotatable bonds is 3. The molecule has 104 valence electrons. The third kappa shape index (κ3) is 2.81. The van der Waals surface area contributed by atoms with E-state index < -0.39 is 9.05 Å². The number of hydrogen-bond acceptors (Lipinski definition) is 3. The van der Waals surface area contributed by atoms with E-state index in [9.17, 15) is 8.42 Å². The van der Waals surface area contributed by atoms with Gasteiger partial charge in [-0.2, -0.15) is 0 Å². The minimum absolute atomic E-state index is 0.0397. The SMILES string of the molecule is O=S(=O)(Cl)c1cccc(Oc2ccc3c(c2)CCC3)c1. The first-order valence-electron chi connectivity index (χ1n) is 6.37. The molecule has 3 rings (SSSR count). The van der Waals surface area contributed by atoms with E-state index in [1.165, 1.54) is 29.7 Å². The first-order valence-corrected chi connectivity index (χ1v) is 8.68. The third-order valence-electron chi connectivity index (χ3n) is 3.39. The van der Waals surface area contributed by atoms with Gasteiger partial charge in [-0.05, 0) is 54.7 Å². The normalized spacial score (nSPS) is 14.1. The quantitative estimate of drug-likeness (QED) is 0.808. The van der Waals surface area contributed by atoms with Gasteiger partial charge in [-0.25, -0.2) is 8.42 Å². The summed E-state index contributed by atoms with van der Waals surface area (Å²) in [6, 6.07) is 12.2. The maximum absolute atomic E-state index is 11.3. The van der Waals surface area contributed by atoms with Crippen LogP contribution in [-0.4, -0.2) is 8.42 Å². The Morgan fingerprint density at radius 3 is 2.50 bits per heavy atom. The van der Waals surface area contributed by atoms with Crippen LogP contribution in [0.3, 0.4) is 0 Å². The average Bonchev–Trinajstić information content (AvgIpc) is 2.85. The summed E-state index contributed by atoms with van der Waals surface area (Å²) in [7, 11) is 1.59. The van der Waals surface area contributed by atoms with Gasteiger partial charge in [0.25, 0.3) is 9.05 Å². The highest BCUT2D eigenvalue weighted by molar-refractivity contribution is 8.13. The number of benzene rings is 2. The van der Waals surface area contributed by atoms with Gasteiger partial charge in [-0.1, -0.05) is 12.1 Å². The Hall–Kier alpha value is -1.52. The molecule has 0 N–H and O–H groups in total. The Kier molecular flexibility index (Phi) is 3.44. The molecule has 1 aliphatic rings. The van der Waals surface area contributed by atoms with E-state index in [2.05, 4.69) is 6.07 Å². The van der Waals surface area contributed by atoms with Crippen molar-refractivity contribution in [3.05, 3.63) is 53.6 Å². The van der Waals surface area contributed by atoms with Gasteiger partial charge in [0.15, 0.2) is 0 Å². The van der Waals surface area contributed by atoms with Gasteiger partial charge in [0.1, 0.15) is 11.5 Å². The lowest BCUT2D eigenvalue weighted by molar-refractivity contribution is 0.480. The Morgan fingerprint density at radius 2 is 1.70 bits per heavy atom. The topological polar surface area (TPSA) is 43.4 Å². The smallest absolute Gasteiger partial charge is 0.261 e. The summed E-state index contributed by atoms with van der Waals surface area (Å²) in [4.78, 5) is 0.0397. The van der Waals surface area contributed by atoms with Crippen molar-refractivity contribution in [2.75, 3.05) is 0 Å². The third-order valence-corrected chi connectivity index (χ3v) is 4.74. The Morgan fingerprint density at radius 1 is 0.950 bits per heavy atom. The lowest BCUT2D eigenvalue weighted by Gasteiger charge is -2.08. The van der Waals surface area contributed by atoms with Crippen molar-refractivity contribution in [1.29, 1.82) is 0 Å². The molecular weight excluding hydrogens is 296 g/mol. The lowest BCUT2D eigenvalue weighted by atomic mass is 10.1. The van der Waals surface area contributed by atoms with E-state index in [4.69, 9.17) is 15.4 Å². The number of fused-ring (bicyclic) bond motifs is 1. The van der Waals surface area contributed by atoms with Gasteiger partial charge in [-0.3, -0.25) is 0 Å². The van der Waals surface area contributed by atoms with E-state index in [0.29, 0.717) is 5.75 Å². The van der Waals surface area contributed by atoms with Gasteiger partial charge in [-0.15, -0.1) is 0 Å². The van der Waals surface area contributed by atoms with Crippen molar-refractivity contribution < 1.29 is 13.2 Å². The maximum Gasteiger partial charge on any atom is 0.261 e. The second-order valence-electron chi connectivity index (χ2n) is 4.80. The van der Waals surface area contributed by atoms with E-state index in [0.717, 1.165) is 18.6 Å². The van der Waals surface area contributed by atoms with Crippen LogP contribution < -0.4 is 4.74 Å². The fraction of sp³-hybridized carbons (Fsp3) is 0.200. The van der Waals surface area contributed by atoms with Crippen LogP contribution in [0.2, 0.25) is 0 Å². The van der Waals surface area contributed by atoms with Crippen LogP contribution in [0.1, 0.15) is 17.5 Å². The second-order valence-corrected chi connectivity index (χ2v) is 7.36. The van der Waals surface area contributed by atoms with Crippen LogP contribution in [0.5, 0.6) is 11.5 Å². The maximum atomic E-state index is 11.3. The zero-order valence-electron chi connectivity index (χ0n) is 10.7. The number of halogens is 1. The molecule has 0 amide bonds. The molecule has 20 heavy (non-hydrogen) atoms. The number of hydrogen-bond donors (Lipinski definition) is 0. The van der Waals surface area contributed by atoms with Crippen molar-refractivity contribution >= 4 is 19.7 Å². The van der Waals surface area contributed by atoms with E-state index >= 15 is 0 Å². The molecule has 0 fully saturated rings. The summed E-state index contributed by atoms with van der Waals surface area (Å²) in [6.07, 6.45) is 3.37. The molecule has 3 nitrogen and oxygen atoms in total. The molecule has 0 unspecified atom stereocenters. The molecule has 5 heteroatoms. The minimum atomic E-state index is -3.73. The molecule has 0 aliphatic heterocycles. The predicted octanol–water partition coefficient (Wildman–Crippen LogP) is 3.90. The lowest BCUT2D eigenvalue weighted by Crippen LogP contribution is -1.92. The highest BCUT2D eigenvalue weighted by atomic mass is 35.7. The zero-order valence-corrected chi connectivity index (χ0v) is 12.2. The summed E-state index contributed by atoms with van der Waals surface area (Å²) < 4.78 is 28.3. The van der Waals surface area contributed by atoms with E-state index in [1.807, 2.05) is 12.1 Å². The highest BCUT2D eigenvalue weighted by Gasteiger charge is 2.13. The minimum Gasteiger partial charge on any atom is -0.457 e. The molecule has 0 saturated carbocycles. The Labute approximate surface area is 122 Å². The van der Waals surface area contributed by atoms with Crippen molar-refractivity contribution in [3.63, 3.8) is 0 Å². The monoisotopic (exact) mass is 308 g/mol. The molecule has 0 spiro atoms. The van der Waals surface area contributed by atoms with Crippen LogP contribution in [0, 0.1) is 0 Å². The summed E-state index contributed by atoms with van der Waals surface area (Å²) in [5.74, 6) is 1.18. The summed E-state index contributed by atoms with van der Waals surface area (Å²) in [5, 5.41) is 0. The molecule has 1 aliphatic carbocycles. The zero-order chi connectivity index (χ0) is 14.2. The molecule has 0 saturated heterocycles. The van der Waals surface area contributed by atoms with Crippen molar-refractivity contribution in [1.82, 2.24) is 0 Å². The van der Waals surface area contributed by atoms with Crippen molar-refractivity contribution in [2.45, 2.75) is 24.2 Å². The fourth-order valence-corrected chi connectivity index (χ4v) is 3.22. The van der Waals surface area contributed by atoms with Crippen molar-refractivity contribution in [2.24, 2.45) is 0 Å². The first kappa shape index (κ1) is 13.5. The van der Waals surface area contributed by atoms with Crippen LogP contribution in [0.4, 0.5) is 0 Å². The summed E-state index contributed by atoms with van der Waals surface area (Å²) in [5.41, 5.74) is 2.68. The molecule has 2 aromatic carbocycles. The molecule has 0 bridgehead atoms. The molecule has 0 radical (unpaired) electrons. The van der Waals surface area contributed by atoms with Crippen LogP contribution >= 0.6 is 10.7 Å². The number of ether oxygens (including phenoxy) is 1. The van der Waals surface area contributed by atoms with E-state index in [-0.39, 0.29) is 4.90 Å². The largest absolute Gasteiger partial charge is 0.457 e. The Balaban J connectivity index is 1.88. The molecular formula is C15H13ClO3S. The molecule has 0 atom stereocenters. The van der Waals surface area contributed by atoms with Gasteiger partial charge >= 0.3 is 0 Å². The van der Waals surface area contributed by atoms with Crippen LogP contribution in [0.15, 0.2) is 47.4 Å². The van der Waals surface area contributed by atoms with Crippen LogP contribution in [0.25, 0.3) is 0 Å². The number of aryl methyl sites for hydroxylation is 2. The summed E-state index contributed by atoms with van der Waals surface area (Å²) >= 11 is 0. The second kappa shape index (κ2) is 5.11. The first-order chi connectivity index (χ1) is 9.52. The predicted molar refractivity (Wildman–Crippen MR) is 78.0 cm³/mol. The van der Waals surface area contributed by atoms with Gasteiger partial charge in [0.2, 0.25) is 0 Å². The standard InChI is InChI=1S/C15H13ClO3S/c16-20(17,18)15-6-2-5-13(10-15)19-14-8-7-11-3-1-4-12(11)9-14/h2,5-10H,1,3-4H2. The van der Waals surface area contributed by atoms with E-state index in [1.54, 1.807) is 12.1 Å². The highest BCUT2D eigenvalue weighted by Crippen LogP contribution is 2.30. The molecule has 0 aromatic heterocycles. The fourth-order valence-electron chi connectivity index (χ4n) is 2.44. The average molecular weight is 309 g/mol. The van der Waals surface area contributed by atoms with Gasteiger partial charge in [0, 0.05) is 16.7 Å².